The van der Waals surface area contributed by atoms with Crippen molar-refractivity contribution in [2.45, 2.75) is 12.2 Å². The van der Waals surface area contributed by atoms with Gasteiger partial charge >= 0.3 is 5.97 Å². The standard InChI is InChI=1S/C18H19FN2O4/c19-11-1-3-12(4-2-11)20-7-9-21(10-8-20)17(22)15-13-5-6-14(25-13)16(15)18(23)24/h1-6,13-16H,7-10H2,(H,23,24)/t13-,14-,15-,16+/m1/s1. The Bertz CT molecular complexity index is 712. The van der Waals surface area contributed by atoms with Crippen LogP contribution in [0.4, 0.5) is 10.1 Å². The Morgan fingerprint density at radius 3 is 2.20 bits per heavy atom. The van der Waals surface area contributed by atoms with Gasteiger partial charge in [0, 0.05) is 31.9 Å². The van der Waals surface area contributed by atoms with E-state index in [1.807, 2.05) is 0 Å². The number of halogens is 1. The molecule has 132 valence electrons. The number of hydrogen-bond donors (Lipinski definition) is 1. The average Bonchev–Trinajstić information content (AvgIpc) is 3.23. The van der Waals surface area contributed by atoms with Crippen molar-refractivity contribution in [1.29, 1.82) is 0 Å². The minimum absolute atomic E-state index is 0.150. The normalized spacial score (nSPS) is 30.8. The number of fused-ring (bicyclic) bond motifs is 2. The summed E-state index contributed by atoms with van der Waals surface area (Å²) < 4.78 is 18.6. The quantitative estimate of drug-likeness (QED) is 0.831. The van der Waals surface area contributed by atoms with Crippen LogP contribution in [0, 0.1) is 17.7 Å². The molecule has 3 heterocycles. The van der Waals surface area contributed by atoms with Gasteiger partial charge in [0.15, 0.2) is 0 Å². The fourth-order valence-corrected chi connectivity index (χ4v) is 3.94. The number of nitrogens with zero attached hydrogens (tertiary/aromatic N) is 2. The summed E-state index contributed by atoms with van der Waals surface area (Å²) in [5.41, 5.74) is 0.920. The Morgan fingerprint density at radius 1 is 1.00 bits per heavy atom. The van der Waals surface area contributed by atoms with Gasteiger partial charge in [-0.25, -0.2) is 4.39 Å². The summed E-state index contributed by atoms with van der Waals surface area (Å²) in [6.07, 6.45) is 2.59. The topological polar surface area (TPSA) is 70.1 Å². The van der Waals surface area contributed by atoms with Crippen LogP contribution in [-0.4, -0.2) is 60.3 Å². The summed E-state index contributed by atoms with van der Waals surface area (Å²) in [4.78, 5) is 28.2. The van der Waals surface area contributed by atoms with Crippen molar-refractivity contribution in [2.75, 3.05) is 31.1 Å². The zero-order chi connectivity index (χ0) is 17.6. The number of anilines is 1. The lowest BCUT2D eigenvalue weighted by atomic mass is 9.82. The van der Waals surface area contributed by atoms with Crippen molar-refractivity contribution >= 4 is 17.6 Å². The number of carbonyl (C=O) groups excluding carboxylic acids is 1. The van der Waals surface area contributed by atoms with Gasteiger partial charge in [-0.15, -0.1) is 0 Å². The summed E-state index contributed by atoms with van der Waals surface area (Å²) in [6, 6.07) is 6.29. The van der Waals surface area contributed by atoms with Crippen LogP contribution in [0.25, 0.3) is 0 Å². The summed E-state index contributed by atoms with van der Waals surface area (Å²) in [5.74, 6) is -2.87. The van der Waals surface area contributed by atoms with Crippen LogP contribution in [0.1, 0.15) is 0 Å². The second-order valence-corrected chi connectivity index (χ2v) is 6.63. The summed E-state index contributed by atoms with van der Waals surface area (Å²) in [5, 5.41) is 9.44. The number of rotatable bonds is 3. The monoisotopic (exact) mass is 346 g/mol. The third-order valence-corrected chi connectivity index (χ3v) is 5.25. The van der Waals surface area contributed by atoms with Crippen LogP contribution >= 0.6 is 0 Å². The lowest BCUT2D eigenvalue weighted by Crippen LogP contribution is -2.53. The Kier molecular flexibility index (Phi) is 3.95. The van der Waals surface area contributed by atoms with E-state index in [1.54, 1.807) is 29.2 Å². The number of amides is 1. The van der Waals surface area contributed by atoms with E-state index in [0.29, 0.717) is 26.2 Å². The molecule has 6 nitrogen and oxygen atoms in total. The van der Waals surface area contributed by atoms with Gasteiger partial charge in [0.05, 0.1) is 18.1 Å². The fourth-order valence-electron chi connectivity index (χ4n) is 3.94. The summed E-state index contributed by atoms with van der Waals surface area (Å²) >= 11 is 0. The van der Waals surface area contributed by atoms with Crippen LogP contribution in [-0.2, 0) is 14.3 Å². The molecule has 7 heteroatoms. The van der Waals surface area contributed by atoms with Crippen molar-refractivity contribution in [3.63, 3.8) is 0 Å². The Labute approximate surface area is 144 Å². The van der Waals surface area contributed by atoms with Crippen molar-refractivity contribution in [3.8, 4) is 0 Å². The highest BCUT2D eigenvalue weighted by molar-refractivity contribution is 5.87. The largest absolute Gasteiger partial charge is 0.481 e. The lowest BCUT2D eigenvalue weighted by Gasteiger charge is -2.38. The van der Waals surface area contributed by atoms with Gasteiger partial charge in [0.2, 0.25) is 5.91 Å². The number of aliphatic carboxylic acids is 1. The van der Waals surface area contributed by atoms with E-state index in [0.717, 1.165) is 5.69 Å². The van der Waals surface area contributed by atoms with Gasteiger partial charge in [-0.3, -0.25) is 9.59 Å². The number of benzene rings is 1. The molecule has 2 bridgehead atoms. The van der Waals surface area contributed by atoms with E-state index in [-0.39, 0.29) is 11.7 Å². The van der Waals surface area contributed by atoms with E-state index in [2.05, 4.69) is 4.90 Å². The number of carboxylic acids is 1. The van der Waals surface area contributed by atoms with Gasteiger partial charge in [-0.2, -0.15) is 0 Å². The maximum atomic E-state index is 13.0. The van der Waals surface area contributed by atoms with Crippen LogP contribution in [0.5, 0.6) is 0 Å². The highest BCUT2D eigenvalue weighted by Crippen LogP contribution is 2.40. The molecule has 1 N–H and O–H groups in total. The highest BCUT2D eigenvalue weighted by Gasteiger charge is 2.54. The molecule has 0 radical (unpaired) electrons. The zero-order valence-corrected chi connectivity index (χ0v) is 13.5. The first-order valence-corrected chi connectivity index (χ1v) is 8.40. The molecule has 0 saturated carbocycles. The fraction of sp³-hybridized carbons (Fsp3) is 0.444. The molecule has 1 aromatic carbocycles. The molecule has 1 amide bonds. The minimum Gasteiger partial charge on any atom is -0.481 e. The summed E-state index contributed by atoms with van der Waals surface area (Å²) in [6.45, 7) is 2.29. The predicted octanol–water partition coefficient (Wildman–Crippen LogP) is 1.13. The van der Waals surface area contributed by atoms with Crippen LogP contribution in [0.3, 0.4) is 0 Å². The molecule has 4 atom stereocenters. The van der Waals surface area contributed by atoms with E-state index in [1.165, 1.54) is 12.1 Å². The van der Waals surface area contributed by atoms with Gasteiger partial charge in [-0.05, 0) is 24.3 Å². The maximum Gasteiger partial charge on any atom is 0.310 e. The van der Waals surface area contributed by atoms with E-state index in [4.69, 9.17) is 4.74 Å². The SMILES string of the molecule is O=C(O)[C@@H]1[C@H](C(=O)N2CCN(c3ccc(F)cc3)CC2)[C@H]2C=C[C@H]1O2. The summed E-state index contributed by atoms with van der Waals surface area (Å²) in [7, 11) is 0. The van der Waals surface area contributed by atoms with Gasteiger partial charge in [-0.1, -0.05) is 12.2 Å². The number of piperazine rings is 1. The van der Waals surface area contributed by atoms with Gasteiger partial charge < -0.3 is 19.6 Å². The van der Waals surface area contributed by atoms with Gasteiger partial charge in [0.1, 0.15) is 11.7 Å². The first-order chi connectivity index (χ1) is 12.0. The van der Waals surface area contributed by atoms with Crippen LogP contribution < -0.4 is 4.90 Å². The van der Waals surface area contributed by atoms with E-state index < -0.39 is 30.0 Å². The van der Waals surface area contributed by atoms with Crippen molar-refractivity contribution < 1.29 is 23.8 Å². The number of carboxylic acid groups (broad SMARTS) is 1. The first-order valence-electron chi connectivity index (χ1n) is 8.40. The molecule has 0 unspecified atom stereocenters. The molecule has 2 fully saturated rings. The second-order valence-electron chi connectivity index (χ2n) is 6.63. The van der Waals surface area contributed by atoms with Gasteiger partial charge in [0.25, 0.3) is 0 Å². The minimum atomic E-state index is -0.986. The number of ether oxygens (including phenoxy) is 1. The molecule has 1 aromatic rings. The van der Waals surface area contributed by atoms with Crippen molar-refractivity contribution in [3.05, 3.63) is 42.2 Å². The average molecular weight is 346 g/mol. The zero-order valence-electron chi connectivity index (χ0n) is 13.5. The number of carbonyl (C=O) groups is 2. The Balaban J connectivity index is 1.42. The third-order valence-electron chi connectivity index (χ3n) is 5.25. The molecular weight excluding hydrogens is 327 g/mol. The molecule has 0 aliphatic carbocycles. The van der Waals surface area contributed by atoms with Crippen molar-refractivity contribution in [1.82, 2.24) is 4.90 Å². The van der Waals surface area contributed by atoms with Crippen LogP contribution in [0.2, 0.25) is 0 Å². The molecule has 0 spiro atoms. The third kappa shape index (κ3) is 2.78. The number of hydrogen-bond acceptors (Lipinski definition) is 4. The smallest absolute Gasteiger partial charge is 0.310 e. The Hall–Kier alpha value is -2.41. The molecule has 3 aliphatic heterocycles. The molecule has 0 aromatic heterocycles. The van der Waals surface area contributed by atoms with E-state index >= 15 is 0 Å². The predicted molar refractivity (Wildman–Crippen MR) is 87.6 cm³/mol. The Morgan fingerprint density at radius 2 is 1.60 bits per heavy atom. The molecular formula is C18H19FN2O4. The molecule has 4 rings (SSSR count). The molecule has 2 saturated heterocycles. The molecule has 3 aliphatic rings. The van der Waals surface area contributed by atoms with Crippen LogP contribution in [0.15, 0.2) is 36.4 Å². The first kappa shape index (κ1) is 16.1. The van der Waals surface area contributed by atoms with E-state index in [9.17, 15) is 19.1 Å². The maximum absolute atomic E-state index is 13.0. The second kappa shape index (κ2) is 6.15. The van der Waals surface area contributed by atoms with Crippen molar-refractivity contribution in [2.24, 2.45) is 11.8 Å². The lowest BCUT2D eigenvalue weighted by molar-refractivity contribution is -0.149. The molecule has 25 heavy (non-hydrogen) atoms. The highest BCUT2D eigenvalue weighted by atomic mass is 19.1.